The van der Waals surface area contributed by atoms with E-state index >= 15 is 0 Å². The molecule has 132 valence electrons. The lowest BCUT2D eigenvalue weighted by molar-refractivity contribution is -0.137. The normalized spacial score (nSPS) is 11.6. The molecule has 0 saturated heterocycles. The number of carboxylic acids is 1. The predicted molar refractivity (Wildman–Crippen MR) is 92.1 cm³/mol. The van der Waals surface area contributed by atoms with Gasteiger partial charge in [0, 0.05) is 23.6 Å². The zero-order valence-corrected chi connectivity index (χ0v) is 14.4. The minimum absolute atomic E-state index is 0.0290. The quantitative estimate of drug-likeness (QED) is 0.563. The average molecular weight is 355 g/mol. The SMILES string of the molecule is CCCCCNC(=O)[C@@H](CCC(=O)O)NC(=O)c1cccc(Cl)c1. The molecule has 0 spiro atoms. The van der Waals surface area contributed by atoms with Gasteiger partial charge in [-0.15, -0.1) is 0 Å². The van der Waals surface area contributed by atoms with E-state index in [2.05, 4.69) is 17.6 Å². The lowest BCUT2D eigenvalue weighted by Crippen LogP contribution is -2.47. The summed E-state index contributed by atoms with van der Waals surface area (Å²) in [6.45, 7) is 2.56. The van der Waals surface area contributed by atoms with Gasteiger partial charge in [-0.05, 0) is 31.0 Å². The molecule has 1 atom stereocenters. The Morgan fingerprint density at radius 2 is 2.00 bits per heavy atom. The van der Waals surface area contributed by atoms with Gasteiger partial charge in [0.1, 0.15) is 6.04 Å². The molecule has 0 heterocycles. The molecule has 3 N–H and O–H groups in total. The van der Waals surface area contributed by atoms with Crippen LogP contribution in [0.25, 0.3) is 0 Å². The van der Waals surface area contributed by atoms with E-state index in [9.17, 15) is 14.4 Å². The fraction of sp³-hybridized carbons (Fsp3) is 0.471. The third-order valence-corrected chi connectivity index (χ3v) is 3.67. The second-order valence-electron chi connectivity index (χ2n) is 5.47. The Hall–Kier alpha value is -2.08. The number of carbonyl (C=O) groups excluding carboxylic acids is 2. The van der Waals surface area contributed by atoms with Crippen LogP contribution in [0.1, 0.15) is 49.4 Å². The fourth-order valence-corrected chi connectivity index (χ4v) is 2.31. The van der Waals surface area contributed by atoms with E-state index in [0.717, 1.165) is 19.3 Å². The van der Waals surface area contributed by atoms with Crippen molar-refractivity contribution in [1.29, 1.82) is 0 Å². The van der Waals surface area contributed by atoms with E-state index in [1.54, 1.807) is 18.2 Å². The highest BCUT2D eigenvalue weighted by atomic mass is 35.5. The van der Waals surface area contributed by atoms with Gasteiger partial charge in [-0.3, -0.25) is 14.4 Å². The molecule has 6 nitrogen and oxygen atoms in total. The number of aliphatic carboxylic acids is 1. The fourth-order valence-electron chi connectivity index (χ4n) is 2.12. The highest BCUT2D eigenvalue weighted by molar-refractivity contribution is 6.31. The Morgan fingerprint density at radius 1 is 1.25 bits per heavy atom. The van der Waals surface area contributed by atoms with Gasteiger partial charge in [0.05, 0.1) is 0 Å². The summed E-state index contributed by atoms with van der Waals surface area (Å²) in [6.07, 6.45) is 2.69. The molecule has 0 aliphatic carbocycles. The summed E-state index contributed by atoms with van der Waals surface area (Å²) in [5.41, 5.74) is 0.321. The molecule has 24 heavy (non-hydrogen) atoms. The third-order valence-electron chi connectivity index (χ3n) is 3.44. The maximum absolute atomic E-state index is 12.2. The number of hydrogen-bond acceptors (Lipinski definition) is 3. The molecule has 0 bridgehead atoms. The number of carbonyl (C=O) groups is 3. The summed E-state index contributed by atoms with van der Waals surface area (Å²) >= 11 is 5.85. The summed E-state index contributed by atoms with van der Waals surface area (Å²) in [5, 5.41) is 14.5. The minimum atomic E-state index is -1.02. The maximum atomic E-state index is 12.2. The van der Waals surface area contributed by atoms with Crippen LogP contribution in [0.15, 0.2) is 24.3 Å². The molecule has 0 unspecified atom stereocenters. The van der Waals surface area contributed by atoms with Gasteiger partial charge < -0.3 is 15.7 Å². The summed E-state index contributed by atoms with van der Waals surface area (Å²) in [5.74, 6) is -1.85. The second kappa shape index (κ2) is 10.6. The largest absolute Gasteiger partial charge is 0.481 e. The first-order chi connectivity index (χ1) is 11.4. The van der Waals surface area contributed by atoms with Crippen LogP contribution in [0.4, 0.5) is 0 Å². The standard InChI is InChI=1S/C17H23ClN2O4/c1-2-3-4-10-19-17(24)14(8-9-15(21)22)20-16(23)12-6-5-7-13(18)11-12/h5-7,11,14H,2-4,8-10H2,1H3,(H,19,24)(H,20,23)(H,21,22)/t14-/m1/s1. The Bertz CT molecular complexity index is 577. The van der Waals surface area contributed by atoms with E-state index in [0.29, 0.717) is 17.1 Å². The molecular formula is C17H23ClN2O4. The highest BCUT2D eigenvalue weighted by Crippen LogP contribution is 2.11. The number of hydrogen-bond donors (Lipinski definition) is 3. The van der Waals surface area contributed by atoms with Crippen molar-refractivity contribution >= 4 is 29.4 Å². The molecule has 1 aromatic carbocycles. The van der Waals surface area contributed by atoms with Crippen molar-refractivity contribution in [2.45, 2.75) is 45.1 Å². The maximum Gasteiger partial charge on any atom is 0.303 e. The number of amides is 2. The van der Waals surface area contributed by atoms with Crippen LogP contribution in [-0.4, -0.2) is 35.5 Å². The van der Waals surface area contributed by atoms with Crippen molar-refractivity contribution in [2.75, 3.05) is 6.54 Å². The summed E-state index contributed by atoms with van der Waals surface area (Å²) in [4.78, 5) is 35.2. The zero-order valence-electron chi connectivity index (χ0n) is 13.7. The van der Waals surface area contributed by atoms with Crippen molar-refractivity contribution < 1.29 is 19.5 Å². The van der Waals surface area contributed by atoms with Crippen LogP contribution >= 0.6 is 11.6 Å². The van der Waals surface area contributed by atoms with E-state index in [1.165, 1.54) is 6.07 Å². The minimum Gasteiger partial charge on any atom is -0.481 e. The lowest BCUT2D eigenvalue weighted by atomic mass is 10.1. The number of carboxylic acid groups (broad SMARTS) is 1. The van der Waals surface area contributed by atoms with Gasteiger partial charge >= 0.3 is 5.97 Å². The first-order valence-electron chi connectivity index (χ1n) is 8.00. The molecular weight excluding hydrogens is 332 g/mol. The van der Waals surface area contributed by atoms with Gasteiger partial charge in [-0.25, -0.2) is 0 Å². The van der Waals surface area contributed by atoms with Crippen LogP contribution < -0.4 is 10.6 Å². The molecule has 0 aliphatic heterocycles. The Balaban J connectivity index is 2.68. The van der Waals surface area contributed by atoms with Crippen molar-refractivity contribution in [2.24, 2.45) is 0 Å². The van der Waals surface area contributed by atoms with Gasteiger partial charge in [0.15, 0.2) is 0 Å². The number of nitrogens with one attached hydrogen (secondary N) is 2. The third kappa shape index (κ3) is 7.46. The predicted octanol–water partition coefficient (Wildman–Crippen LogP) is 2.61. The molecule has 0 radical (unpaired) electrons. The molecule has 0 aromatic heterocycles. The first kappa shape index (κ1) is 20.0. The van der Waals surface area contributed by atoms with Gasteiger partial charge in [-0.2, -0.15) is 0 Å². The summed E-state index contributed by atoms with van der Waals surface area (Å²) in [7, 11) is 0. The van der Waals surface area contributed by atoms with E-state index in [4.69, 9.17) is 16.7 Å². The van der Waals surface area contributed by atoms with E-state index in [1.807, 2.05) is 0 Å². The number of unbranched alkanes of at least 4 members (excludes halogenated alkanes) is 2. The van der Waals surface area contributed by atoms with Crippen LogP contribution in [0, 0.1) is 0 Å². The monoisotopic (exact) mass is 354 g/mol. The Labute approximate surface area is 146 Å². The number of halogens is 1. The highest BCUT2D eigenvalue weighted by Gasteiger charge is 2.22. The molecule has 1 rings (SSSR count). The number of rotatable bonds is 10. The van der Waals surface area contributed by atoms with Gasteiger partial charge in [0.2, 0.25) is 5.91 Å². The van der Waals surface area contributed by atoms with Crippen LogP contribution in [0.5, 0.6) is 0 Å². The molecule has 1 aromatic rings. The van der Waals surface area contributed by atoms with Crippen LogP contribution in [0.3, 0.4) is 0 Å². The molecule has 7 heteroatoms. The van der Waals surface area contributed by atoms with Gasteiger partial charge in [0.25, 0.3) is 5.91 Å². The Kier molecular flexibility index (Phi) is 8.86. The van der Waals surface area contributed by atoms with Crippen LogP contribution in [0.2, 0.25) is 5.02 Å². The van der Waals surface area contributed by atoms with Crippen molar-refractivity contribution in [3.8, 4) is 0 Å². The smallest absolute Gasteiger partial charge is 0.303 e. The van der Waals surface area contributed by atoms with Crippen molar-refractivity contribution in [3.05, 3.63) is 34.9 Å². The van der Waals surface area contributed by atoms with Crippen LogP contribution in [-0.2, 0) is 9.59 Å². The second-order valence-corrected chi connectivity index (χ2v) is 5.90. The molecule has 0 saturated carbocycles. The number of benzene rings is 1. The van der Waals surface area contributed by atoms with Crippen molar-refractivity contribution in [1.82, 2.24) is 10.6 Å². The van der Waals surface area contributed by atoms with E-state index in [-0.39, 0.29) is 18.7 Å². The molecule has 0 aliphatic rings. The average Bonchev–Trinajstić information content (AvgIpc) is 2.54. The van der Waals surface area contributed by atoms with Crippen molar-refractivity contribution in [3.63, 3.8) is 0 Å². The lowest BCUT2D eigenvalue weighted by Gasteiger charge is -2.18. The molecule has 2 amide bonds. The van der Waals surface area contributed by atoms with E-state index < -0.39 is 17.9 Å². The summed E-state index contributed by atoms with van der Waals surface area (Å²) in [6, 6.07) is 5.45. The summed E-state index contributed by atoms with van der Waals surface area (Å²) < 4.78 is 0. The first-order valence-corrected chi connectivity index (χ1v) is 8.37. The molecule has 0 fully saturated rings. The van der Waals surface area contributed by atoms with Gasteiger partial charge in [-0.1, -0.05) is 37.4 Å². The topological polar surface area (TPSA) is 95.5 Å². The Morgan fingerprint density at radius 3 is 2.62 bits per heavy atom. The zero-order chi connectivity index (χ0) is 17.9.